The summed E-state index contributed by atoms with van der Waals surface area (Å²) in [6.07, 6.45) is 2.70. The van der Waals surface area contributed by atoms with Crippen molar-refractivity contribution >= 4 is 22.3 Å². The van der Waals surface area contributed by atoms with Crippen molar-refractivity contribution in [3.8, 4) is 0 Å². The van der Waals surface area contributed by atoms with Crippen LogP contribution in [0.2, 0.25) is 0 Å². The van der Waals surface area contributed by atoms with E-state index in [-0.39, 0.29) is 11.2 Å². The Morgan fingerprint density at radius 1 is 1.50 bits per heavy atom. The van der Waals surface area contributed by atoms with Gasteiger partial charge in [0.05, 0.1) is 11.2 Å². The highest BCUT2D eigenvalue weighted by atomic mass is 19.1. The molecular weight excluding hydrogens is 229 g/mol. The second-order valence-electron chi connectivity index (χ2n) is 5.61. The minimum atomic E-state index is -0.332. The quantitative estimate of drug-likeness (QED) is 0.799. The Labute approximate surface area is 105 Å². The number of halogens is 1. The summed E-state index contributed by atoms with van der Waals surface area (Å²) in [5.41, 5.74) is 7.55. The van der Waals surface area contributed by atoms with Gasteiger partial charge in [0.25, 0.3) is 0 Å². The predicted octanol–water partition coefficient (Wildman–Crippen LogP) is 3.17. The number of nitrogens with one attached hydrogen (secondary N) is 1. The van der Waals surface area contributed by atoms with Crippen molar-refractivity contribution < 1.29 is 4.39 Å². The van der Waals surface area contributed by atoms with Gasteiger partial charge in [0.1, 0.15) is 0 Å². The first-order chi connectivity index (χ1) is 8.49. The first kappa shape index (κ1) is 11.3. The van der Waals surface area contributed by atoms with Gasteiger partial charge >= 0.3 is 0 Å². The van der Waals surface area contributed by atoms with E-state index in [1.54, 1.807) is 12.3 Å². The normalized spacial score (nSPS) is 20.9. The van der Waals surface area contributed by atoms with Crippen LogP contribution in [-0.4, -0.2) is 11.0 Å². The number of nitrogen functional groups attached to an aromatic ring is 1. The van der Waals surface area contributed by atoms with E-state index in [4.69, 9.17) is 5.73 Å². The minimum absolute atomic E-state index is 0.231. The van der Waals surface area contributed by atoms with Crippen LogP contribution in [0.25, 0.3) is 10.9 Å². The Balaban J connectivity index is 2.10. The molecule has 4 heteroatoms. The highest BCUT2D eigenvalue weighted by molar-refractivity contribution is 5.98. The summed E-state index contributed by atoms with van der Waals surface area (Å²) in [7, 11) is 0. The fourth-order valence-corrected chi connectivity index (χ4v) is 2.26. The molecule has 1 aromatic heterocycles. The van der Waals surface area contributed by atoms with Crippen LogP contribution in [0, 0.1) is 11.2 Å². The lowest BCUT2D eigenvalue weighted by Gasteiger charge is -2.13. The van der Waals surface area contributed by atoms with Crippen LogP contribution in [-0.2, 0) is 0 Å². The summed E-state index contributed by atoms with van der Waals surface area (Å²) < 4.78 is 14.0. The van der Waals surface area contributed by atoms with Crippen LogP contribution in [0.4, 0.5) is 15.8 Å². The molecule has 0 radical (unpaired) electrons. The van der Waals surface area contributed by atoms with Crippen LogP contribution < -0.4 is 11.1 Å². The molecule has 1 aliphatic rings. The zero-order valence-electron chi connectivity index (χ0n) is 10.5. The number of hydrogen-bond acceptors (Lipinski definition) is 3. The maximum absolute atomic E-state index is 14.0. The van der Waals surface area contributed by atoms with Gasteiger partial charge in [-0.05, 0) is 30.0 Å². The van der Waals surface area contributed by atoms with Crippen LogP contribution >= 0.6 is 0 Å². The van der Waals surface area contributed by atoms with Gasteiger partial charge in [0.2, 0.25) is 0 Å². The second kappa shape index (κ2) is 3.57. The van der Waals surface area contributed by atoms with Gasteiger partial charge in [-0.1, -0.05) is 13.8 Å². The largest absolute Gasteiger partial charge is 0.398 e. The molecule has 18 heavy (non-hydrogen) atoms. The molecule has 3 N–H and O–H groups in total. The number of aromatic nitrogens is 1. The molecule has 0 bridgehead atoms. The van der Waals surface area contributed by atoms with Gasteiger partial charge in [-0.15, -0.1) is 0 Å². The highest BCUT2D eigenvalue weighted by Gasteiger charge is 2.46. The Bertz CT molecular complexity index is 622. The number of benzene rings is 1. The van der Waals surface area contributed by atoms with Gasteiger partial charge in [-0.2, -0.15) is 0 Å². The summed E-state index contributed by atoms with van der Waals surface area (Å²) in [5.74, 6) is -0.332. The summed E-state index contributed by atoms with van der Waals surface area (Å²) in [4.78, 5) is 4.25. The van der Waals surface area contributed by atoms with Gasteiger partial charge in [-0.25, -0.2) is 4.39 Å². The minimum Gasteiger partial charge on any atom is -0.398 e. The van der Waals surface area contributed by atoms with Crippen molar-refractivity contribution in [3.63, 3.8) is 0 Å². The van der Waals surface area contributed by atoms with E-state index in [9.17, 15) is 4.39 Å². The Hall–Kier alpha value is -1.84. The van der Waals surface area contributed by atoms with E-state index >= 15 is 0 Å². The molecule has 1 aromatic carbocycles. The molecule has 0 spiro atoms. The molecule has 94 valence electrons. The summed E-state index contributed by atoms with van der Waals surface area (Å²) >= 11 is 0. The number of pyridine rings is 1. The topological polar surface area (TPSA) is 50.9 Å². The molecule has 1 fully saturated rings. The van der Waals surface area contributed by atoms with Crippen molar-refractivity contribution in [2.75, 3.05) is 11.1 Å². The lowest BCUT2D eigenvalue weighted by Crippen LogP contribution is -2.11. The average molecular weight is 245 g/mol. The van der Waals surface area contributed by atoms with E-state index in [1.165, 1.54) is 6.07 Å². The molecule has 0 amide bonds. The molecule has 1 heterocycles. The summed E-state index contributed by atoms with van der Waals surface area (Å²) in [5, 5.41) is 4.04. The third-order valence-corrected chi connectivity index (χ3v) is 3.71. The molecule has 1 unspecified atom stereocenters. The number of nitrogens with two attached hydrogens (primary N) is 1. The first-order valence-electron chi connectivity index (χ1n) is 6.08. The summed E-state index contributed by atoms with van der Waals surface area (Å²) in [6.45, 7) is 4.32. The van der Waals surface area contributed by atoms with Crippen LogP contribution in [0.3, 0.4) is 0 Å². The maximum atomic E-state index is 14.0. The third kappa shape index (κ3) is 1.68. The predicted molar refractivity (Wildman–Crippen MR) is 71.9 cm³/mol. The Morgan fingerprint density at radius 3 is 2.89 bits per heavy atom. The smallest absolute Gasteiger partial charge is 0.150 e. The zero-order chi connectivity index (χ0) is 12.9. The number of hydrogen-bond donors (Lipinski definition) is 2. The molecular formula is C14H16FN3. The zero-order valence-corrected chi connectivity index (χ0v) is 10.5. The van der Waals surface area contributed by atoms with E-state index in [1.807, 2.05) is 6.07 Å². The maximum Gasteiger partial charge on any atom is 0.150 e. The fourth-order valence-electron chi connectivity index (χ4n) is 2.26. The SMILES string of the molecule is CC1(C)CC1Nc1c(F)cc(N)c2cccnc12. The van der Waals surface area contributed by atoms with Gasteiger partial charge in [0, 0.05) is 23.3 Å². The first-order valence-corrected chi connectivity index (χ1v) is 6.08. The number of anilines is 2. The lowest BCUT2D eigenvalue weighted by molar-refractivity contribution is 0.616. The summed E-state index contributed by atoms with van der Waals surface area (Å²) in [6, 6.07) is 5.34. The van der Waals surface area contributed by atoms with Crippen molar-refractivity contribution in [1.82, 2.24) is 4.98 Å². The fraction of sp³-hybridized carbons (Fsp3) is 0.357. The van der Waals surface area contributed by atoms with Crippen molar-refractivity contribution in [3.05, 3.63) is 30.2 Å². The Kier molecular flexibility index (Phi) is 2.24. The van der Waals surface area contributed by atoms with E-state index in [0.717, 1.165) is 11.8 Å². The molecule has 1 aliphatic carbocycles. The van der Waals surface area contributed by atoms with Crippen molar-refractivity contribution in [1.29, 1.82) is 0 Å². The van der Waals surface area contributed by atoms with Gasteiger partial charge < -0.3 is 11.1 Å². The molecule has 1 saturated carbocycles. The van der Waals surface area contributed by atoms with Gasteiger partial charge in [0.15, 0.2) is 5.82 Å². The molecule has 0 aliphatic heterocycles. The van der Waals surface area contributed by atoms with Crippen LogP contribution in [0.1, 0.15) is 20.3 Å². The number of fused-ring (bicyclic) bond motifs is 1. The van der Waals surface area contributed by atoms with Crippen LogP contribution in [0.5, 0.6) is 0 Å². The molecule has 1 atom stereocenters. The van der Waals surface area contributed by atoms with Crippen molar-refractivity contribution in [2.45, 2.75) is 26.3 Å². The molecule has 3 nitrogen and oxygen atoms in total. The molecule has 3 rings (SSSR count). The highest BCUT2D eigenvalue weighted by Crippen LogP contribution is 2.47. The lowest BCUT2D eigenvalue weighted by atomic mass is 10.1. The van der Waals surface area contributed by atoms with E-state index in [2.05, 4.69) is 24.1 Å². The van der Waals surface area contributed by atoms with E-state index < -0.39 is 0 Å². The molecule has 0 saturated heterocycles. The average Bonchev–Trinajstić information content (AvgIpc) is 2.92. The number of nitrogens with zero attached hydrogens (tertiary/aromatic N) is 1. The number of rotatable bonds is 2. The molecule has 2 aromatic rings. The van der Waals surface area contributed by atoms with Crippen molar-refractivity contribution in [2.24, 2.45) is 5.41 Å². The third-order valence-electron chi connectivity index (χ3n) is 3.71. The second-order valence-corrected chi connectivity index (χ2v) is 5.61. The van der Waals surface area contributed by atoms with Gasteiger partial charge in [-0.3, -0.25) is 4.98 Å². The van der Waals surface area contributed by atoms with Crippen LogP contribution in [0.15, 0.2) is 24.4 Å². The monoisotopic (exact) mass is 245 g/mol. The van der Waals surface area contributed by atoms with E-state index in [0.29, 0.717) is 22.9 Å². The standard InChI is InChI=1S/C14H16FN3/c1-14(2)7-11(14)18-13-9(15)6-10(16)8-4-3-5-17-12(8)13/h3-6,11,18H,7,16H2,1-2H3. The Morgan fingerprint density at radius 2 is 2.22 bits per heavy atom.